The maximum Gasteiger partial charge on any atom is 0.412 e. The molecular weight excluding hydrogens is 295 g/mol. The summed E-state index contributed by atoms with van der Waals surface area (Å²) < 4.78 is 38.9. The van der Waals surface area contributed by atoms with Crippen LogP contribution in [0.3, 0.4) is 0 Å². The predicted octanol–water partition coefficient (Wildman–Crippen LogP) is 4.64. The van der Waals surface area contributed by atoms with Crippen molar-refractivity contribution in [2.45, 2.75) is 19.0 Å². The Morgan fingerprint density at radius 1 is 1.19 bits per heavy atom. The van der Waals surface area contributed by atoms with Crippen LogP contribution in [0.2, 0.25) is 0 Å². The Labute approximate surface area is 125 Å². The SMILES string of the molecule is FC(F)(F)C1=CCN(CCc2ccc3sccc3c2)CC1. The molecule has 0 fully saturated rings. The molecular formula is C16H16F3NS. The van der Waals surface area contributed by atoms with Crippen LogP contribution in [0.4, 0.5) is 13.2 Å². The minimum absolute atomic E-state index is 0.104. The van der Waals surface area contributed by atoms with Gasteiger partial charge >= 0.3 is 6.18 Å². The molecule has 21 heavy (non-hydrogen) atoms. The van der Waals surface area contributed by atoms with E-state index in [4.69, 9.17) is 0 Å². The van der Waals surface area contributed by atoms with E-state index in [9.17, 15) is 13.2 Å². The number of fused-ring (bicyclic) bond motifs is 1. The van der Waals surface area contributed by atoms with Gasteiger partial charge in [0.05, 0.1) is 0 Å². The zero-order valence-corrected chi connectivity index (χ0v) is 12.3. The van der Waals surface area contributed by atoms with Gasteiger partial charge in [-0.25, -0.2) is 0 Å². The molecule has 0 radical (unpaired) electrons. The fraction of sp³-hybridized carbons (Fsp3) is 0.375. The smallest absolute Gasteiger partial charge is 0.299 e. The van der Waals surface area contributed by atoms with Crippen LogP contribution >= 0.6 is 11.3 Å². The van der Waals surface area contributed by atoms with E-state index in [0.29, 0.717) is 13.1 Å². The van der Waals surface area contributed by atoms with Gasteiger partial charge in [0.15, 0.2) is 0 Å². The van der Waals surface area contributed by atoms with E-state index >= 15 is 0 Å². The molecule has 0 amide bonds. The molecule has 1 aromatic carbocycles. The number of rotatable bonds is 3. The Kier molecular flexibility index (Phi) is 4.04. The molecule has 112 valence electrons. The van der Waals surface area contributed by atoms with Crippen LogP contribution in [-0.4, -0.2) is 30.7 Å². The van der Waals surface area contributed by atoms with E-state index in [1.54, 1.807) is 11.3 Å². The van der Waals surface area contributed by atoms with Gasteiger partial charge in [-0.05, 0) is 41.3 Å². The molecule has 0 bridgehead atoms. The van der Waals surface area contributed by atoms with Gasteiger partial charge < -0.3 is 0 Å². The molecule has 3 rings (SSSR count). The highest BCUT2D eigenvalue weighted by Gasteiger charge is 2.34. The molecule has 5 heteroatoms. The van der Waals surface area contributed by atoms with Crippen molar-refractivity contribution in [1.29, 1.82) is 0 Å². The molecule has 0 saturated carbocycles. The summed E-state index contributed by atoms with van der Waals surface area (Å²) in [6.07, 6.45) is -1.85. The summed E-state index contributed by atoms with van der Waals surface area (Å²) in [5, 5.41) is 3.32. The van der Waals surface area contributed by atoms with E-state index in [0.717, 1.165) is 13.0 Å². The van der Waals surface area contributed by atoms with Crippen LogP contribution in [0, 0.1) is 0 Å². The van der Waals surface area contributed by atoms with Gasteiger partial charge in [-0.3, -0.25) is 4.90 Å². The monoisotopic (exact) mass is 311 g/mol. The Bertz CT molecular complexity index is 657. The molecule has 0 atom stereocenters. The predicted molar refractivity (Wildman–Crippen MR) is 80.7 cm³/mol. The lowest BCUT2D eigenvalue weighted by molar-refractivity contribution is -0.0959. The quantitative estimate of drug-likeness (QED) is 0.747. The summed E-state index contributed by atoms with van der Waals surface area (Å²) in [7, 11) is 0. The normalized spacial score (nSPS) is 17.2. The lowest BCUT2D eigenvalue weighted by Gasteiger charge is -2.27. The third kappa shape index (κ3) is 3.47. The molecule has 2 heterocycles. The minimum Gasteiger partial charge on any atom is -0.299 e. The lowest BCUT2D eigenvalue weighted by atomic mass is 10.1. The van der Waals surface area contributed by atoms with Gasteiger partial charge in [-0.15, -0.1) is 11.3 Å². The van der Waals surface area contributed by atoms with Crippen molar-refractivity contribution >= 4 is 21.4 Å². The number of alkyl halides is 3. The Morgan fingerprint density at radius 3 is 2.76 bits per heavy atom. The molecule has 0 spiro atoms. The van der Waals surface area contributed by atoms with Crippen LogP contribution < -0.4 is 0 Å². The van der Waals surface area contributed by atoms with Gasteiger partial charge in [0.1, 0.15) is 0 Å². The number of nitrogens with zero attached hydrogens (tertiary/aromatic N) is 1. The summed E-state index contributed by atoms with van der Waals surface area (Å²) in [5.74, 6) is 0. The first-order valence-corrected chi connectivity index (χ1v) is 7.85. The summed E-state index contributed by atoms with van der Waals surface area (Å²) >= 11 is 1.72. The maximum atomic E-state index is 12.6. The molecule has 0 aliphatic carbocycles. The number of benzene rings is 1. The highest BCUT2D eigenvalue weighted by atomic mass is 32.1. The van der Waals surface area contributed by atoms with E-state index in [1.165, 1.54) is 21.7 Å². The van der Waals surface area contributed by atoms with Crippen molar-refractivity contribution in [1.82, 2.24) is 4.90 Å². The van der Waals surface area contributed by atoms with Gasteiger partial charge in [-0.2, -0.15) is 13.2 Å². The average Bonchev–Trinajstić information content (AvgIpc) is 2.92. The van der Waals surface area contributed by atoms with Crippen molar-refractivity contribution in [3.05, 3.63) is 46.9 Å². The van der Waals surface area contributed by atoms with E-state index in [2.05, 4.69) is 34.5 Å². The number of hydrogen-bond donors (Lipinski definition) is 0. The van der Waals surface area contributed by atoms with Crippen LogP contribution in [-0.2, 0) is 6.42 Å². The molecule has 0 N–H and O–H groups in total. The lowest BCUT2D eigenvalue weighted by Crippen LogP contribution is -2.33. The van der Waals surface area contributed by atoms with E-state index in [-0.39, 0.29) is 12.0 Å². The van der Waals surface area contributed by atoms with Gasteiger partial charge in [0, 0.05) is 29.9 Å². The van der Waals surface area contributed by atoms with Crippen LogP contribution in [0.5, 0.6) is 0 Å². The minimum atomic E-state index is -4.16. The number of halogens is 3. The molecule has 0 unspecified atom stereocenters. The third-order valence-corrected chi connectivity index (χ3v) is 4.79. The largest absolute Gasteiger partial charge is 0.412 e. The fourth-order valence-corrected chi connectivity index (χ4v) is 3.40. The Balaban J connectivity index is 1.57. The molecule has 1 aliphatic rings. The zero-order valence-electron chi connectivity index (χ0n) is 11.5. The van der Waals surface area contributed by atoms with Gasteiger partial charge in [0.2, 0.25) is 0 Å². The first-order valence-electron chi connectivity index (χ1n) is 6.97. The van der Waals surface area contributed by atoms with Crippen molar-refractivity contribution < 1.29 is 13.2 Å². The third-order valence-electron chi connectivity index (χ3n) is 3.89. The second-order valence-electron chi connectivity index (χ2n) is 5.32. The Morgan fingerprint density at radius 2 is 2.05 bits per heavy atom. The number of thiophene rings is 1. The summed E-state index contributed by atoms with van der Waals surface area (Å²) in [4.78, 5) is 2.08. The summed E-state index contributed by atoms with van der Waals surface area (Å²) in [5.41, 5.74) is 0.866. The first kappa shape index (κ1) is 14.6. The Hall–Kier alpha value is -1.33. The average molecular weight is 311 g/mol. The molecule has 2 aromatic rings. The molecule has 1 aromatic heterocycles. The highest BCUT2D eigenvalue weighted by Crippen LogP contribution is 2.30. The van der Waals surface area contributed by atoms with E-state index in [1.807, 2.05) is 0 Å². The van der Waals surface area contributed by atoms with Crippen LogP contribution in [0.15, 0.2) is 41.3 Å². The van der Waals surface area contributed by atoms with Crippen LogP contribution in [0.25, 0.3) is 10.1 Å². The standard InChI is InChI=1S/C16H16F3NS/c17-16(18,19)14-4-8-20(9-5-14)7-3-12-1-2-15-13(11-12)6-10-21-15/h1-2,4,6,10-11H,3,5,7-9H2. The van der Waals surface area contributed by atoms with Gasteiger partial charge in [0.25, 0.3) is 0 Å². The molecule has 1 aliphatic heterocycles. The molecule has 1 nitrogen and oxygen atoms in total. The number of hydrogen-bond acceptors (Lipinski definition) is 2. The van der Waals surface area contributed by atoms with Crippen LogP contribution in [0.1, 0.15) is 12.0 Å². The van der Waals surface area contributed by atoms with Crippen molar-refractivity contribution in [2.75, 3.05) is 19.6 Å². The van der Waals surface area contributed by atoms with Crippen molar-refractivity contribution in [3.63, 3.8) is 0 Å². The summed E-state index contributed by atoms with van der Waals surface area (Å²) in [6.45, 7) is 1.69. The molecule has 0 saturated heterocycles. The first-order chi connectivity index (χ1) is 10.0. The second kappa shape index (κ2) is 5.81. The second-order valence-corrected chi connectivity index (χ2v) is 6.27. The van der Waals surface area contributed by atoms with Crippen molar-refractivity contribution in [2.24, 2.45) is 0 Å². The summed E-state index contributed by atoms with van der Waals surface area (Å²) in [6, 6.07) is 8.50. The van der Waals surface area contributed by atoms with Crippen molar-refractivity contribution in [3.8, 4) is 0 Å². The topological polar surface area (TPSA) is 3.24 Å². The van der Waals surface area contributed by atoms with E-state index < -0.39 is 6.18 Å². The van der Waals surface area contributed by atoms with Gasteiger partial charge in [-0.1, -0.05) is 18.2 Å². The zero-order chi connectivity index (χ0) is 14.9. The highest BCUT2D eigenvalue weighted by molar-refractivity contribution is 7.17. The maximum absolute atomic E-state index is 12.6. The fourth-order valence-electron chi connectivity index (χ4n) is 2.63.